The quantitative estimate of drug-likeness (QED) is 0.833. The van der Waals surface area contributed by atoms with E-state index in [2.05, 4.69) is 22.1 Å². The van der Waals surface area contributed by atoms with Gasteiger partial charge in [0, 0.05) is 30.0 Å². The van der Waals surface area contributed by atoms with E-state index in [1.807, 2.05) is 30.3 Å². The first kappa shape index (κ1) is 15.1. The van der Waals surface area contributed by atoms with Crippen molar-refractivity contribution in [3.8, 4) is 0 Å². The van der Waals surface area contributed by atoms with Crippen molar-refractivity contribution in [2.75, 3.05) is 19.6 Å². The van der Waals surface area contributed by atoms with Crippen molar-refractivity contribution in [1.29, 1.82) is 0 Å². The summed E-state index contributed by atoms with van der Waals surface area (Å²) in [7, 11) is 0. The van der Waals surface area contributed by atoms with Gasteiger partial charge in [-0.1, -0.05) is 24.6 Å². The number of H-pyrrole nitrogens is 1. The zero-order valence-corrected chi connectivity index (χ0v) is 13.3. The smallest absolute Gasteiger partial charge is 0.267 e. The number of fused-ring (bicyclic) bond motifs is 1. The molecule has 1 atom stereocenters. The molecule has 2 heterocycles. The van der Waals surface area contributed by atoms with E-state index >= 15 is 0 Å². The maximum absolute atomic E-state index is 12.2. The molecule has 0 bridgehead atoms. The molecule has 4 nitrogen and oxygen atoms in total. The zero-order valence-electron chi connectivity index (χ0n) is 13.3. The predicted octanol–water partition coefficient (Wildman–Crippen LogP) is 3.16. The van der Waals surface area contributed by atoms with E-state index in [9.17, 15) is 4.79 Å². The van der Waals surface area contributed by atoms with Crippen LogP contribution in [-0.2, 0) is 0 Å². The van der Waals surface area contributed by atoms with Crippen LogP contribution in [-0.4, -0.2) is 41.5 Å². The highest BCUT2D eigenvalue weighted by molar-refractivity contribution is 5.97. The predicted molar refractivity (Wildman–Crippen MR) is 90.1 cm³/mol. The fourth-order valence-electron chi connectivity index (χ4n) is 3.26. The molecule has 2 N–H and O–H groups in total. The summed E-state index contributed by atoms with van der Waals surface area (Å²) in [6.07, 6.45) is 4.98. The highest BCUT2D eigenvalue weighted by Gasteiger charge is 2.17. The Morgan fingerprint density at radius 3 is 3.05 bits per heavy atom. The first-order valence-electron chi connectivity index (χ1n) is 8.34. The molecule has 4 heteroatoms. The van der Waals surface area contributed by atoms with Gasteiger partial charge in [0.25, 0.3) is 5.91 Å². The highest BCUT2D eigenvalue weighted by atomic mass is 16.1. The third-order valence-corrected chi connectivity index (χ3v) is 4.62. The summed E-state index contributed by atoms with van der Waals surface area (Å²) in [5.74, 6) is -0.0112. The summed E-state index contributed by atoms with van der Waals surface area (Å²) >= 11 is 0. The summed E-state index contributed by atoms with van der Waals surface area (Å²) in [4.78, 5) is 17.9. The number of carbonyl (C=O) groups excluding carboxylic acids is 1. The van der Waals surface area contributed by atoms with E-state index in [4.69, 9.17) is 0 Å². The molecule has 1 aromatic heterocycles. The van der Waals surface area contributed by atoms with Crippen LogP contribution in [0.4, 0.5) is 0 Å². The number of hydrogen-bond acceptors (Lipinski definition) is 2. The van der Waals surface area contributed by atoms with Crippen LogP contribution in [0.15, 0.2) is 30.3 Å². The van der Waals surface area contributed by atoms with Crippen LogP contribution < -0.4 is 5.32 Å². The van der Waals surface area contributed by atoms with Crippen LogP contribution in [0.2, 0.25) is 0 Å². The number of carbonyl (C=O) groups is 1. The van der Waals surface area contributed by atoms with Gasteiger partial charge in [-0.3, -0.25) is 4.79 Å². The molecule has 0 unspecified atom stereocenters. The van der Waals surface area contributed by atoms with Crippen molar-refractivity contribution >= 4 is 16.8 Å². The van der Waals surface area contributed by atoms with E-state index in [0.29, 0.717) is 11.7 Å². The van der Waals surface area contributed by atoms with E-state index in [1.54, 1.807) is 0 Å². The number of aromatic nitrogens is 1. The lowest BCUT2D eigenvalue weighted by Crippen LogP contribution is -2.39. The second-order valence-corrected chi connectivity index (χ2v) is 6.26. The Morgan fingerprint density at radius 2 is 2.23 bits per heavy atom. The normalized spacial score (nSPS) is 19.4. The highest BCUT2D eigenvalue weighted by Crippen LogP contribution is 2.16. The Bertz CT molecular complexity index is 601. The molecule has 1 aromatic carbocycles. The molecule has 0 spiro atoms. The largest absolute Gasteiger partial charge is 0.351 e. The molecule has 22 heavy (non-hydrogen) atoms. The fourth-order valence-corrected chi connectivity index (χ4v) is 3.26. The Balaban J connectivity index is 1.46. The van der Waals surface area contributed by atoms with E-state index in [-0.39, 0.29) is 5.91 Å². The molecule has 2 aromatic rings. The van der Waals surface area contributed by atoms with Crippen LogP contribution in [0.25, 0.3) is 10.9 Å². The van der Waals surface area contributed by atoms with Gasteiger partial charge in [0.15, 0.2) is 0 Å². The Hall–Kier alpha value is -1.81. The zero-order chi connectivity index (χ0) is 15.4. The molecular weight excluding hydrogens is 274 g/mol. The maximum atomic E-state index is 12.2. The molecule has 118 valence electrons. The molecule has 0 saturated carbocycles. The molecule has 1 saturated heterocycles. The van der Waals surface area contributed by atoms with Gasteiger partial charge in [0.2, 0.25) is 0 Å². The molecule has 1 aliphatic rings. The molecule has 0 radical (unpaired) electrons. The minimum Gasteiger partial charge on any atom is -0.351 e. The van der Waals surface area contributed by atoms with Crippen molar-refractivity contribution < 1.29 is 4.79 Å². The van der Waals surface area contributed by atoms with Crippen LogP contribution >= 0.6 is 0 Å². The Labute approximate surface area is 131 Å². The molecule has 1 aliphatic heterocycles. The van der Waals surface area contributed by atoms with Crippen molar-refractivity contribution in [3.63, 3.8) is 0 Å². The van der Waals surface area contributed by atoms with Gasteiger partial charge < -0.3 is 15.2 Å². The lowest BCUT2D eigenvalue weighted by molar-refractivity contribution is 0.0944. The third-order valence-electron chi connectivity index (χ3n) is 4.62. The van der Waals surface area contributed by atoms with Gasteiger partial charge in [-0.15, -0.1) is 0 Å². The minimum absolute atomic E-state index is 0.0112. The second-order valence-electron chi connectivity index (χ2n) is 6.26. The average Bonchev–Trinajstić information content (AvgIpc) is 2.97. The topological polar surface area (TPSA) is 48.1 Å². The third kappa shape index (κ3) is 3.50. The number of para-hydroxylation sites is 1. The Kier molecular flexibility index (Phi) is 4.78. The first-order chi connectivity index (χ1) is 10.7. The van der Waals surface area contributed by atoms with Crippen molar-refractivity contribution in [3.05, 3.63) is 36.0 Å². The molecule has 3 rings (SSSR count). The average molecular weight is 299 g/mol. The maximum Gasteiger partial charge on any atom is 0.267 e. The summed E-state index contributed by atoms with van der Waals surface area (Å²) < 4.78 is 0. The van der Waals surface area contributed by atoms with E-state index in [0.717, 1.165) is 30.4 Å². The van der Waals surface area contributed by atoms with Crippen molar-refractivity contribution in [2.24, 2.45) is 0 Å². The van der Waals surface area contributed by atoms with Crippen LogP contribution in [0, 0.1) is 0 Å². The molecule has 1 amide bonds. The lowest BCUT2D eigenvalue weighted by atomic mass is 10.0. The number of piperidine rings is 1. The number of likely N-dealkylation sites (tertiary alicyclic amines) is 1. The monoisotopic (exact) mass is 299 g/mol. The molecule has 0 aliphatic carbocycles. The summed E-state index contributed by atoms with van der Waals surface area (Å²) in [6, 6.07) is 10.6. The minimum atomic E-state index is -0.0112. The van der Waals surface area contributed by atoms with E-state index < -0.39 is 0 Å². The molecule has 1 fully saturated rings. The summed E-state index contributed by atoms with van der Waals surface area (Å²) in [5, 5.41) is 4.10. The number of rotatable bonds is 5. The van der Waals surface area contributed by atoms with Gasteiger partial charge in [0.05, 0.1) is 0 Å². The van der Waals surface area contributed by atoms with Gasteiger partial charge in [0.1, 0.15) is 5.69 Å². The molecular formula is C18H25N3O. The summed E-state index contributed by atoms with van der Waals surface area (Å²) in [6.45, 7) is 5.32. The fraction of sp³-hybridized carbons (Fsp3) is 0.500. The first-order valence-corrected chi connectivity index (χ1v) is 8.34. The van der Waals surface area contributed by atoms with Gasteiger partial charge in [-0.2, -0.15) is 0 Å². The number of nitrogens with one attached hydrogen (secondary N) is 2. The Morgan fingerprint density at radius 1 is 1.36 bits per heavy atom. The van der Waals surface area contributed by atoms with Crippen LogP contribution in [0.5, 0.6) is 0 Å². The van der Waals surface area contributed by atoms with Gasteiger partial charge in [-0.05, 0) is 44.9 Å². The second kappa shape index (κ2) is 6.97. The number of hydrogen-bond donors (Lipinski definition) is 2. The van der Waals surface area contributed by atoms with Crippen molar-refractivity contribution in [1.82, 2.24) is 15.2 Å². The number of aromatic amines is 1. The number of benzene rings is 1. The van der Waals surface area contributed by atoms with Crippen LogP contribution in [0.3, 0.4) is 0 Å². The SMILES string of the molecule is C[C@H]1CCCCN1CCCNC(=O)c1cc2ccccc2[nH]1. The number of amides is 1. The van der Waals surface area contributed by atoms with E-state index in [1.165, 1.54) is 25.8 Å². The van der Waals surface area contributed by atoms with Crippen molar-refractivity contribution in [2.45, 2.75) is 38.6 Å². The van der Waals surface area contributed by atoms with Gasteiger partial charge in [-0.25, -0.2) is 0 Å². The standard InChI is InChI=1S/C18H25N3O/c1-14-7-4-5-11-21(14)12-6-10-19-18(22)17-13-15-8-2-3-9-16(15)20-17/h2-3,8-9,13-14,20H,4-7,10-12H2,1H3,(H,19,22)/t14-/m0/s1. The van der Waals surface area contributed by atoms with Crippen LogP contribution in [0.1, 0.15) is 43.1 Å². The van der Waals surface area contributed by atoms with Gasteiger partial charge >= 0.3 is 0 Å². The number of nitrogens with zero attached hydrogens (tertiary/aromatic N) is 1. The lowest BCUT2D eigenvalue weighted by Gasteiger charge is -2.33. The summed E-state index contributed by atoms with van der Waals surface area (Å²) in [5.41, 5.74) is 1.65.